The second-order valence-corrected chi connectivity index (χ2v) is 2.84. The van der Waals surface area contributed by atoms with Crippen molar-refractivity contribution in [2.75, 3.05) is 0 Å². The summed E-state index contributed by atoms with van der Waals surface area (Å²) in [5.41, 5.74) is 6.98. The maximum atomic E-state index is 10.8. The Morgan fingerprint density at radius 1 is 1.64 bits per heavy atom. The van der Waals surface area contributed by atoms with E-state index in [-0.39, 0.29) is 5.91 Å². The first-order valence-corrected chi connectivity index (χ1v) is 3.77. The van der Waals surface area contributed by atoms with E-state index >= 15 is 0 Å². The summed E-state index contributed by atoms with van der Waals surface area (Å²) >= 11 is 0. The minimum Gasteiger partial charge on any atom is -0.366 e. The summed E-state index contributed by atoms with van der Waals surface area (Å²) in [4.78, 5) is 10.8. The van der Waals surface area contributed by atoms with Crippen molar-refractivity contribution in [2.45, 2.75) is 19.4 Å². The molecule has 0 bridgehead atoms. The van der Waals surface area contributed by atoms with Gasteiger partial charge in [0.15, 0.2) is 0 Å². The van der Waals surface area contributed by atoms with Gasteiger partial charge in [-0.2, -0.15) is 0 Å². The highest BCUT2D eigenvalue weighted by Crippen LogP contribution is 2.19. The minimum absolute atomic E-state index is 0.305. The minimum atomic E-state index is -0.305. The molecule has 0 unspecified atom stereocenters. The molecule has 0 radical (unpaired) electrons. The maximum absolute atomic E-state index is 10.8. The van der Waals surface area contributed by atoms with Gasteiger partial charge >= 0.3 is 0 Å². The molecule has 0 saturated heterocycles. The molecular weight excluding hydrogens is 140 g/mol. The van der Waals surface area contributed by atoms with Crippen LogP contribution in [0.5, 0.6) is 0 Å². The van der Waals surface area contributed by atoms with E-state index < -0.39 is 0 Å². The van der Waals surface area contributed by atoms with Crippen molar-refractivity contribution >= 4 is 5.91 Å². The molecule has 1 aromatic heterocycles. The van der Waals surface area contributed by atoms with E-state index in [1.165, 1.54) is 0 Å². The summed E-state index contributed by atoms with van der Waals surface area (Å²) in [7, 11) is 0. The lowest BCUT2D eigenvalue weighted by molar-refractivity contribution is 0.0999. The van der Waals surface area contributed by atoms with Crippen LogP contribution in [0.3, 0.4) is 0 Å². The Labute approximate surface area is 64.8 Å². The third-order valence-corrected chi connectivity index (χ3v) is 2.16. The Balaban J connectivity index is 2.50. The van der Waals surface area contributed by atoms with E-state index in [9.17, 15) is 4.79 Å². The number of fused-ring (bicyclic) bond motifs is 1. The molecule has 0 saturated carbocycles. The smallest absolute Gasteiger partial charge is 0.250 e. The van der Waals surface area contributed by atoms with Crippen LogP contribution in [0.1, 0.15) is 22.5 Å². The number of hydrogen-bond acceptors (Lipinski definition) is 1. The molecule has 0 aliphatic carbocycles. The molecule has 1 aliphatic rings. The highest BCUT2D eigenvalue weighted by Gasteiger charge is 2.16. The van der Waals surface area contributed by atoms with Crippen LogP contribution in [0, 0.1) is 0 Å². The highest BCUT2D eigenvalue weighted by molar-refractivity contribution is 5.94. The molecule has 0 atom stereocenters. The van der Waals surface area contributed by atoms with Crippen molar-refractivity contribution in [1.29, 1.82) is 0 Å². The van der Waals surface area contributed by atoms with E-state index in [2.05, 4.69) is 4.57 Å². The summed E-state index contributed by atoms with van der Waals surface area (Å²) < 4.78 is 2.10. The molecular formula is C8H10N2O. The molecule has 1 aliphatic heterocycles. The van der Waals surface area contributed by atoms with Gasteiger partial charge in [-0.05, 0) is 18.9 Å². The van der Waals surface area contributed by atoms with Crippen LogP contribution in [0.15, 0.2) is 12.3 Å². The van der Waals surface area contributed by atoms with Crippen molar-refractivity contribution in [3.05, 3.63) is 23.5 Å². The average molecular weight is 150 g/mol. The standard InChI is InChI=1S/C8H10N2O/c9-8(11)6-3-5-10-4-1-2-7(6)10/h3,5H,1-2,4H2,(H2,9,11). The number of aryl methyl sites for hydroxylation is 1. The quantitative estimate of drug-likeness (QED) is 0.623. The molecule has 3 nitrogen and oxygen atoms in total. The molecule has 0 aromatic carbocycles. The first-order chi connectivity index (χ1) is 5.29. The summed E-state index contributed by atoms with van der Waals surface area (Å²) in [6, 6.07) is 1.80. The Morgan fingerprint density at radius 3 is 3.18 bits per heavy atom. The van der Waals surface area contributed by atoms with Crippen molar-refractivity contribution in [2.24, 2.45) is 5.73 Å². The lowest BCUT2D eigenvalue weighted by Gasteiger charge is -1.95. The van der Waals surface area contributed by atoms with E-state index in [0.29, 0.717) is 5.56 Å². The second kappa shape index (κ2) is 2.12. The zero-order valence-corrected chi connectivity index (χ0v) is 6.21. The second-order valence-electron chi connectivity index (χ2n) is 2.84. The molecule has 2 heterocycles. The maximum Gasteiger partial charge on any atom is 0.250 e. The predicted octanol–water partition coefficient (Wildman–Crippen LogP) is 0.533. The lowest BCUT2D eigenvalue weighted by atomic mass is 10.2. The topological polar surface area (TPSA) is 48.0 Å². The van der Waals surface area contributed by atoms with Gasteiger partial charge in [0.1, 0.15) is 0 Å². The fraction of sp³-hybridized carbons (Fsp3) is 0.375. The van der Waals surface area contributed by atoms with Crippen molar-refractivity contribution < 1.29 is 4.79 Å². The average Bonchev–Trinajstić information content (AvgIpc) is 2.41. The number of amides is 1. The van der Waals surface area contributed by atoms with Gasteiger partial charge in [0.25, 0.3) is 5.91 Å². The Bertz CT molecular complexity index is 301. The molecule has 2 N–H and O–H groups in total. The van der Waals surface area contributed by atoms with Gasteiger partial charge in [-0.15, -0.1) is 0 Å². The van der Waals surface area contributed by atoms with Crippen LogP contribution in [0.2, 0.25) is 0 Å². The summed E-state index contributed by atoms with van der Waals surface area (Å²) in [5.74, 6) is -0.305. The monoisotopic (exact) mass is 150 g/mol. The number of carbonyl (C=O) groups is 1. The van der Waals surface area contributed by atoms with Gasteiger partial charge in [0.2, 0.25) is 0 Å². The van der Waals surface area contributed by atoms with Gasteiger partial charge in [-0.3, -0.25) is 4.79 Å². The lowest BCUT2D eigenvalue weighted by Crippen LogP contribution is -2.12. The number of nitrogens with two attached hydrogens (primary N) is 1. The molecule has 0 fully saturated rings. The third kappa shape index (κ3) is 0.843. The fourth-order valence-corrected chi connectivity index (χ4v) is 1.63. The Kier molecular flexibility index (Phi) is 1.24. The van der Waals surface area contributed by atoms with Crippen molar-refractivity contribution in [1.82, 2.24) is 4.57 Å². The summed E-state index contributed by atoms with van der Waals surface area (Å²) in [6.07, 6.45) is 4.06. The number of hydrogen-bond donors (Lipinski definition) is 1. The summed E-state index contributed by atoms with van der Waals surface area (Å²) in [5, 5.41) is 0. The van der Waals surface area contributed by atoms with Crippen LogP contribution >= 0.6 is 0 Å². The molecule has 0 spiro atoms. The van der Waals surface area contributed by atoms with E-state index in [1.54, 1.807) is 6.07 Å². The fourth-order valence-electron chi connectivity index (χ4n) is 1.63. The van der Waals surface area contributed by atoms with Gasteiger partial charge in [-0.1, -0.05) is 0 Å². The number of nitrogens with zero attached hydrogens (tertiary/aromatic N) is 1. The van der Waals surface area contributed by atoms with Crippen LogP contribution in [-0.2, 0) is 13.0 Å². The Hall–Kier alpha value is -1.25. The van der Waals surface area contributed by atoms with Crippen LogP contribution < -0.4 is 5.73 Å². The van der Waals surface area contributed by atoms with Gasteiger partial charge in [0.05, 0.1) is 5.56 Å². The third-order valence-electron chi connectivity index (χ3n) is 2.16. The SMILES string of the molecule is NC(=O)c1ccn2c1CCC2. The number of primary amides is 1. The number of rotatable bonds is 1. The molecule has 1 aromatic rings. The zero-order chi connectivity index (χ0) is 7.84. The highest BCUT2D eigenvalue weighted by atomic mass is 16.1. The van der Waals surface area contributed by atoms with Gasteiger partial charge < -0.3 is 10.3 Å². The van der Waals surface area contributed by atoms with E-state index in [0.717, 1.165) is 25.1 Å². The van der Waals surface area contributed by atoms with Crippen LogP contribution in [0.4, 0.5) is 0 Å². The first-order valence-electron chi connectivity index (χ1n) is 3.77. The summed E-state index contributed by atoms with van der Waals surface area (Å²) in [6.45, 7) is 1.03. The molecule has 3 heteroatoms. The van der Waals surface area contributed by atoms with Gasteiger partial charge in [-0.25, -0.2) is 0 Å². The zero-order valence-electron chi connectivity index (χ0n) is 6.21. The Morgan fingerprint density at radius 2 is 2.45 bits per heavy atom. The van der Waals surface area contributed by atoms with E-state index in [1.807, 2.05) is 6.20 Å². The first kappa shape index (κ1) is 6.46. The number of aromatic nitrogens is 1. The molecule has 58 valence electrons. The normalized spacial score (nSPS) is 14.9. The van der Waals surface area contributed by atoms with Crippen molar-refractivity contribution in [3.63, 3.8) is 0 Å². The number of carbonyl (C=O) groups excluding carboxylic acids is 1. The van der Waals surface area contributed by atoms with Crippen molar-refractivity contribution in [3.8, 4) is 0 Å². The molecule has 1 amide bonds. The predicted molar refractivity (Wildman–Crippen MR) is 41.3 cm³/mol. The van der Waals surface area contributed by atoms with Gasteiger partial charge in [0, 0.05) is 18.4 Å². The van der Waals surface area contributed by atoms with E-state index in [4.69, 9.17) is 5.73 Å². The molecule has 2 rings (SSSR count). The van der Waals surface area contributed by atoms with Crippen LogP contribution in [-0.4, -0.2) is 10.5 Å². The largest absolute Gasteiger partial charge is 0.366 e. The molecule has 11 heavy (non-hydrogen) atoms. The van der Waals surface area contributed by atoms with Crippen LogP contribution in [0.25, 0.3) is 0 Å².